The molecular formula is C52H58Cl4F6N14O4. The number of rotatable bonds is 16. The summed E-state index contributed by atoms with van der Waals surface area (Å²) in [4.78, 5) is 50.6. The third kappa shape index (κ3) is 12.4. The molecular weight excluding hydrogens is 1140 g/mol. The van der Waals surface area contributed by atoms with Crippen LogP contribution in [0.15, 0.2) is 48.8 Å². The Morgan fingerprint density at radius 3 is 1.70 bits per heavy atom. The number of alkyl halides is 6. The maximum Gasteiger partial charge on any atom is 0.437 e. The number of piperidine rings is 2. The van der Waals surface area contributed by atoms with Gasteiger partial charge < -0.3 is 39.7 Å². The van der Waals surface area contributed by atoms with E-state index in [1.807, 2.05) is 9.80 Å². The molecule has 2 amide bonds. The minimum absolute atomic E-state index is 0.00853. The zero-order valence-corrected chi connectivity index (χ0v) is 46.8. The van der Waals surface area contributed by atoms with E-state index in [4.69, 9.17) is 65.8 Å². The van der Waals surface area contributed by atoms with Gasteiger partial charge in [-0.25, -0.2) is 38.9 Å². The van der Waals surface area contributed by atoms with E-state index < -0.39 is 59.0 Å². The predicted octanol–water partition coefficient (Wildman–Crippen LogP) is 10.1. The van der Waals surface area contributed by atoms with E-state index in [1.165, 1.54) is 42.0 Å². The number of fused-ring (bicyclic) bond motifs is 2. The number of carbonyl (C=O) groups is 2. The van der Waals surface area contributed by atoms with Gasteiger partial charge in [-0.05, 0) is 104 Å². The van der Waals surface area contributed by atoms with Crippen LogP contribution < -0.4 is 20.4 Å². The number of nitrogens with zero attached hydrogens (tertiary/aromatic N) is 12. The van der Waals surface area contributed by atoms with Gasteiger partial charge in [0.05, 0.1) is 38.7 Å². The molecule has 6 aromatic rings. The molecule has 4 fully saturated rings. The molecule has 0 bridgehead atoms. The van der Waals surface area contributed by atoms with Gasteiger partial charge >= 0.3 is 24.5 Å². The lowest BCUT2D eigenvalue weighted by Crippen LogP contribution is -2.55. The van der Waals surface area contributed by atoms with Gasteiger partial charge in [-0.1, -0.05) is 58.5 Å². The summed E-state index contributed by atoms with van der Waals surface area (Å²) in [7, 11) is 2.60. The fourth-order valence-electron chi connectivity index (χ4n) is 11.9. The smallest absolute Gasteiger partial charge is 0.437 e. The summed E-state index contributed by atoms with van der Waals surface area (Å²) < 4.78 is 100. The number of amides is 2. The summed E-state index contributed by atoms with van der Waals surface area (Å²) in [5.41, 5.74) is -2.33. The number of anilines is 2. The van der Waals surface area contributed by atoms with Crippen molar-refractivity contribution in [1.29, 1.82) is 0 Å². The Balaban J connectivity index is 0.917. The zero-order chi connectivity index (χ0) is 56.8. The number of aromatic nitrogens is 8. The van der Waals surface area contributed by atoms with Crippen LogP contribution in [-0.2, 0) is 21.8 Å². The summed E-state index contributed by atoms with van der Waals surface area (Å²) in [6.45, 7) is 8.57. The molecule has 4 saturated heterocycles. The van der Waals surface area contributed by atoms with E-state index in [9.17, 15) is 22.8 Å². The summed E-state index contributed by atoms with van der Waals surface area (Å²) in [5, 5.41) is 14.9. The minimum atomic E-state index is -4.89. The highest BCUT2D eigenvalue weighted by Crippen LogP contribution is 2.44. The molecule has 5 atom stereocenters. The van der Waals surface area contributed by atoms with Crippen molar-refractivity contribution >= 4 is 92.6 Å². The van der Waals surface area contributed by atoms with Crippen molar-refractivity contribution in [2.45, 2.75) is 57.0 Å². The first-order valence-corrected chi connectivity index (χ1v) is 27.8. The first-order valence-electron chi connectivity index (χ1n) is 26.3. The average Bonchev–Trinajstić information content (AvgIpc) is 4.09. The van der Waals surface area contributed by atoms with Gasteiger partial charge in [0.15, 0.2) is 22.7 Å². The number of likely N-dealkylation sites (tertiary alicyclic amines) is 2. The SMILES string of the molecule is COC(=O)NCCN1CCC[C@@H](C2CN(c3cnc4c(C(F)(F)F)nn([C@H](CC5C[C@H](C6CN(c7cnc8c(C(F)(F)F)nn([C@H](C)c9ccc(Cl)cc9Cl)c8n7)C6)CN(CCNC(=O)OC)C5)c5ccc(Cl)cc5Cl)c4n3)C2)C1. The lowest BCUT2D eigenvalue weighted by Gasteiger charge is -2.49. The third-order valence-corrected chi connectivity index (χ3v) is 17.1. The lowest BCUT2D eigenvalue weighted by molar-refractivity contribution is -0.141. The van der Waals surface area contributed by atoms with E-state index in [1.54, 1.807) is 37.3 Å². The van der Waals surface area contributed by atoms with Gasteiger partial charge in [0.2, 0.25) is 0 Å². The van der Waals surface area contributed by atoms with Gasteiger partial charge in [0, 0.05) is 92.1 Å². The molecule has 0 spiro atoms. The normalized spacial score (nSPS) is 20.6. The molecule has 80 heavy (non-hydrogen) atoms. The van der Waals surface area contributed by atoms with Gasteiger partial charge in [-0.2, -0.15) is 36.5 Å². The van der Waals surface area contributed by atoms with Crippen LogP contribution in [0.3, 0.4) is 0 Å². The van der Waals surface area contributed by atoms with Crippen LogP contribution in [0.5, 0.6) is 0 Å². The van der Waals surface area contributed by atoms with E-state index in [0.29, 0.717) is 110 Å². The Labute approximate surface area is 476 Å². The molecule has 10 rings (SSSR count). The van der Waals surface area contributed by atoms with Crippen molar-refractivity contribution in [2.24, 2.45) is 29.6 Å². The Kier molecular flexibility index (Phi) is 17.0. The number of methoxy groups -OCH3 is 2. The second-order valence-corrected chi connectivity index (χ2v) is 22.8. The van der Waals surface area contributed by atoms with Gasteiger partial charge in [-0.3, -0.25) is 0 Å². The van der Waals surface area contributed by atoms with E-state index >= 15 is 13.2 Å². The summed E-state index contributed by atoms with van der Waals surface area (Å²) in [6, 6.07) is 7.92. The fourth-order valence-corrected chi connectivity index (χ4v) is 13.0. The number of carbonyl (C=O) groups excluding carboxylic acids is 2. The lowest BCUT2D eigenvalue weighted by atomic mass is 9.75. The monoisotopic (exact) mass is 1200 g/mol. The van der Waals surface area contributed by atoms with Crippen LogP contribution in [0.25, 0.3) is 22.3 Å². The summed E-state index contributed by atoms with van der Waals surface area (Å²) >= 11 is 26.1. The van der Waals surface area contributed by atoms with Crippen molar-refractivity contribution in [3.8, 4) is 0 Å². The average molecular weight is 1200 g/mol. The second-order valence-electron chi connectivity index (χ2n) is 21.1. The minimum Gasteiger partial charge on any atom is -0.453 e. The van der Waals surface area contributed by atoms with Crippen LogP contribution in [0.1, 0.15) is 67.2 Å². The van der Waals surface area contributed by atoms with E-state index in [0.717, 1.165) is 25.9 Å². The number of ether oxygens (including phenoxy) is 2. The molecule has 2 N–H and O–H groups in total. The Hall–Kier alpha value is -5.66. The molecule has 4 aromatic heterocycles. The molecule has 430 valence electrons. The largest absolute Gasteiger partial charge is 0.453 e. The first-order chi connectivity index (χ1) is 38.1. The maximum absolute atomic E-state index is 15.1. The number of halogens is 10. The van der Waals surface area contributed by atoms with Crippen LogP contribution in [-0.4, -0.2) is 154 Å². The quantitative estimate of drug-likeness (QED) is 0.0876. The molecule has 4 aliphatic heterocycles. The molecule has 0 aliphatic carbocycles. The summed E-state index contributed by atoms with van der Waals surface area (Å²) in [5.74, 6) is 1.34. The molecule has 0 saturated carbocycles. The Morgan fingerprint density at radius 2 is 1.16 bits per heavy atom. The Bertz CT molecular complexity index is 3230. The number of alkyl carbamates (subject to hydrolysis) is 2. The fraction of sp³-hybridized carbons (Fsp3) is 0.538. The number of hydrogen-bond acceptors (Lipinski definition) is 14. The predicted molar refractivity (Wildman–Crippen MR) is 290 cm³/mol. The third-order valence-electron chi connectivity index (χ3n) is 16.0. The van der Waals surface area contributed by atoms with Crippen molar-refractivity contribution in [3.63, 3.8) is 0 Å². The highest BCUT2D eigenvalue weighted by atomic mass is 35.5. The van der Waals surface area contributed by atoms with Gasteiger partial charge in [0.25, 0.3) is 0 Å². The van der Waals surface area contributed by atoms with Crippen LogP contribution in [0.2, 0.25) is 20.1 Å². The zero-order valence-electron chi connectivity index (χ0n) is 43.8. The molecule has 1 unspecified atom stereocenters. The molecule has 0 radical (unpaired) electrons. The standard InChI is InChI=1S/C52H58Cl4F6N14O4/c1-28(36-8-6-34(53)17-38(36)55)75-47-43(45(69-75)51(57,58)59)65-19-41(67-47)74-26-33(27-74)31-15-29(21-72(23-31)14-11-64-50(78)80-3)16-40(37-9-7-35(54)18-39(37)56)76-48-44(46(70-76)52(60,61)62)66-20-42(68-48)73-24-32(25-73)30-5-4-12-71(22-30)13-10-63-49(77)79-2/h6-9,17-20,28-33,40H,4-5,10-16,21-27H2,1-3H3,(H,63,77)(H,64,78)/t28-,29?,30-,31+,40-/m1/s1. The van der Waals surface area contributed by atoms with Gasteiger partial charge in [0.1, 0.15) is 22.7 Å². The second kappa shape index (κ2) is 23.7. The highest BCUT2D eigenvalue weighted by molar-refractivity contribution is 6.35. The van der Waals surface area contributed by atoms with Crippen molar-refractivity contribution in [2.75, 3.05) is 103 Å². The molecule has 8 heterocycles. The Morgan fingerprint density at radius 1 is 0.662 bits per heavy atom. The molecule has 28 heteroatoms. The van der Waals surface area contributed by atoms with Crippen LogP contribution in [0, 0.1) is 29.6 Å². The number of hydrogen-bond donors (Lipinski definition) is 2. The van der Waals surface area contributed by atoms with E-state index in [2.05, 4.69) is 40.6 Å². The summed E-state index contributed by atoms with van der Waals surface area (Å²) in [6.07, 6.45) is -5.18. The first kappa shape index (κ1) is 57.6. The van der Waals surface area contributed by atoms with Crippen LogP contribution in [0.4, 0.5) is 47.6 Å². The number of nitrogens with one attached hydrogen (secondary N) is 2. The topological polar surface area (TPSA) is 177 Å². The van der Waals surface area contributed by atoms with Crippen molar-refractivity contribution in [1.82, 2.24) is 59.9 Å². The molecule has 18 nitrogen and oxygen atoms in total. The molecule has 2 aromatic carbocycles. The van der Waals surface area contributed by atoms with Crippen molar-refractivity contribution < 1.29 is 45.4 Å². The van der Waals surface area contributed by atoms with Crippen LogP contribution >= 0.6 is 46.4 Å². The van der Waals surface area contributed by atoms with Crippen molar-refractivity contribution in [3.05, 3.63) is 91.4 Å². The number of benzene rings is 2. The van der Waals surface area contributed by atoms with Gasteiger partial charge in [-0.15, -0.1) is 0 Å². The maximum atomic E-state index is 15.1. The molecule has 4 aliphatic rings. The highest BCUT2D eigenvalue weighted by Gasteiger charge is 2.45. The van der Waals surface area contributed by atoms with E-state index in [-0.39, 0.29) is 52.1 Å².